The van der Waals surface area contributed by atoms with Gasteiger partial charge in [0.05, 0.1) is 31.5 Å². The van der Waals surface area contributed by atoms with E-state index < -0.39 is 86.8 Å². The van der Waals surface area contributed by atoms with E-state index in [1.54, 1.807) is 5.57 Å². The first-order chi connectivity index (χ1) is 24.4. The summed E-state index contributed by atoms with van der Waals surface area (Å²) in [7, 11) is 0. The Bertz CT molecular complexity index is 1330. The van der Waals surface area contributed by atoms with E-state index in [9.17, 15) is 46.0 Å². The number of aliphatic hydroxyl groups excluding tert-OH is 9. The third-order valence-electron chi connectivity index (χ3n) is 15.7. The first kappa shape index (κ1) is 39.5. The first-order valence-corrected chi connectivity index (χ1v) is 19.7. The molecule has 0 bridgehead atoms. The summed E-state index contributed by atoms with van der Waals surface area (Å²) in [6.07, 6.45) is -6.87. The summed E-state index contributed by atoms with van der Waals surface area (Å²) in [5.41, 5.74) is 1.42. The molecule has 20 atom stereocenters. The van der Waals surface area contributed by atoms with Gasteiger partial charge < -0.3 is 64.9 Å². The number of fused-ring (bicyclic) bond motifs is 7. The zero-order valence-electron chi connectivity index (χ0n) is 31.3. The van der Waals surface area contributed by atoms with Crippen LogP contribution in [0.5, 0.6) is 0 Å². The lowest BCUT2D eigenvalue weighted by Gasteiger charge is -2.67. The van der Waals surface area contributed by atoms with Crippen LogP contribution in [0.1, 0.15) is 92.4 Å². The molecule has 0 radical (unpaired) electrons. The zero-order chi connectivity index (χ0) is 37.7. The average molecular weight is 741 g/mol. The second kappa shape index (κ2) is 14.0. The van der Waals surface area contributed by atoms with Crippen molar-refractivity contribution in [2.75, 3.05) is 13.2 Å². The minimum absolute atomic E-state index is 0.0576. The van der Waals surface area contributed by atoms with Gasteiger partial charge in [0.2, 0.25) is 0 Å². The van der Waals surface area contributed by atoms with Crippen molar-refractivity contribution < 1.29 is 64.9 Å². The number of hydrogen-bond donors (Lipinski definition) is 9. The Morgan fingerprint density at radius 2 is 1.25 bits per heavy atom. The quantitative estimate of drug-likeness (QED) is 0.136. The minimum atomic E-state index is -1.77. The van der Waals surface area contributed by atoms with Crippen LogP contribution in [-0.2, 0) is 18.9 Å². The van der Waals surface area contributed by atoms with Crippen LogP contribution < -0.4 is 0 Å². The fourth-order valence-corrected chi connectivity index (χ4v) is 12.5. The molecular weight excluding hydrogens is 676 g/mol. The Morgan fingerprint density at radius 3 is 1.92 bits per heavy atom. The Kier molecular flexibility index (Phi) is 10.6. The number of allylic oxidation sites excluding steroid dienone is 2. The molecule has 9 N–H and O–H groups in total. The molecule has 13 heteroatoms. The van der Waals surface area contributed by atoms with Gasteiger partial charge in [-0.05, 0) is 97.7 Å². The topological polar surface area (TPSA) is 219 Å². The highest BCUT2D eigenvalue weighted by molar-refractivity contribution is 5.29. The van der Waals surface area contributed by atoms with Crippen molar-refractivity contribution in [2.45, 2.75) is 172 Å². The maximum absolute atomic E-state index is 12.1. The SMILES string of the molecule is CC1(C)CC2C3=CCC4[C@@](C)(CCC5[C@@H](O)C(O[C@@H]6OC(CO)[C@@H](O)[C@@H](O)C6O[C@@H]6OC(CO)[C@@H](O)[C@@H](O)C6O)CC[C@@]54C)C3CC[C@@]2(C)[C@H](O)C1. The highest BCUT2D eigenvalue weighted by Crippen LogP contribution is 2.70. The number of ether oxygens (including phenoxy) is 4. The smallest absolute Gasteiger partial charge is 0.187 e. The van der Waals surface area contributed by atoms with Gasteiger partial charge in [-0.3, -0.25) is 0 Å². The molecule has 0 aromatic carbocycles. The van der Waals surface area contributed by atoms with Gasteiger partial charge in [-0.25, -0.2) is 0 Å². The summed E-state index contributed by atoms with van der Waals surface area (Å²) in [5.74, 6) is 1.07. The molecule has 0 spiro atoms. The standard InChI is InChI=1S/C39H64O13/c1-36(2)14-21-18-6-7-25-37(3,19(18)8-12-39(21,5)26(42)15-36)11-9-20-27(43)22(10-13-38(20,25)4)49-35-33(31(47)29(45)24(17-41)51-35)52-34-32(48)30(46)28(44)23(16-40)50-34/h6,19-35,40-48H,7-17H2,1-5H3/t19?,20?,21?,22?,23?,24?,25?,26-,27-,28-,29-,30-,31-,32?,33?,34+,35-,37+,38+,39-/m1/s1. The lowest BCUT2D eigenvalue weighted by Crippen LogP contribution is -2.66. The molecule has 5 aliphatic carbocycles. The van der Waals surface area contributed by atoms with E-state index in [1.807, 2.05) is 0 Å². The lowest BCUT2D eigenvalue weighted by molar-refractivity contribution is -0.376. The van der Waals surface area contributed by atoms with Gasteiger partial charge in [0.1, 0.15) is 48.8 Å². The molecule has 6 fully saturated rings. The van der Waals surface area contributed by atoms with Crippen molar-refractivity contribution in [1.82, 2.24) is 0 Å². The monoisotopic (exact) mass is 740 g/mol. The molecular formula is C39H64O13. The van der Waals surface area contributed by atoms with Crippen LogP contribution in [0.4, 0.5) is 0 Å². The highest BCUT2D eigenvalue weighted by Gasteiger charge is 2.64. The highest BCUT2D eigenvalue weighted by atomic mass is 16.8. The molecule has 298 valence electrons. The van der Waals surface area contributed by atoms with Crippen LogP contribution in [0, 0.1) is 45.3 Å². The van der Waals surface area contributed by atoms with E-state index in [0.717, 1.165) is 51.4 Å². The van der Waals surface area contributed by atoms with E-state index in [0.29, 0.717) is 24.2 Å². The van der Waals surface area contributed by atoms with Crippen LogP contribution in [0.3, 0.4) is 0 Å². The third-order valence-corrected chi connectivity index (χ3v) is 15.7. The second-order valence-electron chi connectivity index (χ2n) is 19.1. The molecule has 7 rings (SSSR count). The van der Waals surface area contributed by atoms with Gasteiger partial charge in [-0.15, -0.1) is 0 Å². The van der Waals surface area contributed by atoms with Gasteiger partial charge in [0.25, 0.3) is 0 Å². The van der Waals surface area contributed by atoms with Gasteiger partial charge in [0, 0.05) is 5.41 Å². The summed E-state index contributed by atoms with van der Waals surface area (Å²) in [5, 5.41) is 96.1. The normalized spacial score (nSPS) is 56.0. The summed E-state index contributed by atoms with van der Waals surface area (Å²) >= 11 is 0. The molecule has 13 nitrogen and oxygen atoms in total. The Hall–Kier alpha value is -0.780. The van der Waals surface area contributed by atoms with Gasteiger partial charge in [-0.1, -0.05) is 46.3 Å². The van der Waals surface area contributed by atoms with E-state index >= 15 is 0 Å². The summed E-state index contributed by atoms with van der Waals surface area (Å²) in [6, 6.07) is 0. The molecule has 0 amide bonds. The Balaban J connectivity index is 1.10. The van der Waals surface area contributed by atoms with Crippen molar-refractivity contribution in [2.24, 2.45) is 45.3 Å². The van der Waals surface area contributed by atoms with Gasteiger partial charge in [-0.2, -0.15) is 0 Å². The summed E-state index contributed by atoms with van der Waals surface area (Å²) in [6.45, 7) is 10.4. The van der Waals surface area contributed by atoms with Crippen molar-refractivity contribution >= 4 is 0 Å². The fraction of sp³-hybridized carbons (Fsp3) is 0.949. The molecule has 0 aromatic rings. The zero-order valence-corrected chi connectivity index (χ0v) is 31.3. The predicted octanol–water partition coefficient (Wildman–Crippen LogP) is 0.733. The molecule has 9 unspecified atom stereocenters. The first-order valence-electron chi connectivity index (χ1n) is 19.7. The van der Waals surface area contributed by atoms with Crippen molar-refractivity contribution in [3.8, 4) is 0 Å². The van der Waals surface area contributed by atoms with Gasteiger partial charge in [0.15, 0.2) is 12.6 Å². The van der Waals surface area contributed by atoms with Gasteiger partial charge >= 0.3 is 0 Å². The third kappa shape index (κ3) is 6.17. The molecule has 2 heterocycles. The van der Waals surface area contributed by atoms with E-state index in [2.05, 4.69) is 40.7 Å². The maximum atomic E-state index is 12.1. The Morgan fingerprint density at radius 1 is 0.635 bits per heavy atom. The predicted molar refractivity (Wildman–Crippen MR) is 185 cm³/mol. The molecule has 52 heavy (non-hydrogen) atoms. The van der Waals surface area contributed by atoms with E-state index in [-0.39, 0.29) is 33.7 Å². The fourth-order valence-electron chi connectivity index (χ4n) is 12.5. The average Bonchev–Trinajstić information content (AvgIpc) is 3.09. The summed E-state index contributed by atoms with van der Waals surface area (Å²) < 4.78 is 23.7. The lowest BCUT2D eigenvalue weighted by atomic mass is 9.39. The van der Waals surface area contributed by atoms with Crippen LogP contribution in [0.15, 0.2) is 11.6 Å². The molecule has 0 aromatic heterocycles. The number of rotatable bonds is 6. The van der Waals surface area contributed by atoms with Crippen molar-refractivity contribution in [1.29, 1.82) is 0 Å². The molecule has 2 saturated heterocycles. The van der Waals surface area contributed by atoms with Crippen LogP contribution in [0.25, 0.3) is 0 Å². The number of aliphatic hydroxyl groups is 9. The van der Waals surface area contributed by atoms with E-state index in [1.165, 1.54) is 0 Å². The molecule has 2 aliphatic heterocycles. The second-order valence-corrected chi connectivity index (χ2v) is 19.1. The van der Waals surface area contributed by atoms with Crippen LogP contribution in [0.2, 0.25) is 0 Å². The summed E-state index contributed by atoms with van der Waals surface area (Å²) in [4.78, 5) is 0. The van der Waals surface area contributed by atoms with Crippen molar-refractivity contribution in [3.05, 3.63) is 11.6 Å². The molecule has 4 saturated carbocycles. The minimum Gasteiger partial charge on any atom is -0.394 e. The maximum Gasteiger partial charge on any atom is 0.187 e. The Labute approximate surface area is 306 Å². The molecule has 7 aliphatic rings. The van der Waals surface area contributed by atoms with Crippen molar-refractivity contribution in [3.63, 3.8) is 0 Å². The van der Waals surface area contributed by atoms with Crippen LogP contribution >= 0.6 is 0 Å². The largest absolute Gasteiger partial charge is 0.394 e. The number of hydrogen-bond acceptors (Lipinski definition) is 13. The van der Waals surface area contributed by atoms with E-state index in [4.69, 9.17) is 18.9 Å². The van der Waals surface area contributed by atoms with Crippen LogP contribution in [-0.4, -0.2) is 139 Å².